The minimum absolute atomic E-state index is 0.0160. The van der Waals surface area contributed by atoms with Crippen LogP contribution in [0.25, 0.3) is 11.1 Å². The van der Waals surface area contributed by atoms with Crippen LogP contribution >= 0.6 is 0 Å². The van der Waals surface area contributed by atoms with Crippen LogP contribution in [-0.2, 0) is 14.8 Å². The fraction of sp³-hybridized carbons (Fsp3) is 0.235. The Kier molecular flexibility index (Phi) is 5.18. The number of carbonyl (C=O) groups is 1. The first-order valence-corrected chi connectivity index (χ1v) is 8.68. The molecule has 6 heteroatoms. The summed E-state index contributed by atoms with van der Waals surface area (Å²) >= 11 is 0. The number of hydrogen-bond donors (Lipinski definition) is 1. The van der Waals surface area contributed by atoms with Crippen molar-refractivity contribution in [2.45, 2.75) is 24.3 Å². The number of sulfonamides is 1. The third-order valence-electron chi connectivity index (χ3n) is 3.76. The summed E-state index contributed by atoms with van der Waals surface area (Å²) in [5, 5.41) is 0. The maximum Gasteiger partial charge on any atom is 0.243 e. The standard InChI is InChI=1S/C17H20N2O3S/c1-13(12-17(18)20)19(2)23(21,22)16-10-8-15(9-11-16)14-6-4-3-5-7-14/h3-11,13H,12H2,1-2H3,(H2,18,20). The Morgan fingerprint density at radius 2 is 1.57 bits per heavy atom. The molecule has 0 heterocycles. The van der Waals surface area contributed by atoms with Crippen LogP contribution < -0.4 is 5.73 Å². The van der Waals surface area contributed by atoms with Crippen LogP contribution in [-0.4, -0.2) is 31.7 Å². The van der Waals surface area contributed by atoms with E-state index in [4.69, 9.17) is 5.73 Å². The van der Waals surface area contributed by atoms with Crippen molar-refractivity contribution < 1.29 is 13.2 Å². The van der Waals surface area contributed by atoms with Gasteiger partial charge in [-0.2, -0.15) is 4.31 Å². The molecule has 0 saturated heterocycles. The van der Waals surface area contributed by atoms with Crippen LogP contribution in [0, 0.1) is 0 Å². The number of rotatable bonds is 6. The Morgan fingerprint density at radius 1 is 1.04 bits per heavy atom. The molecule has 0 aliphatic heterocycles. The summed E-state index contributed by atoms with van der Waals surface area (Å²) in [4.78, 5) is 11.2. The summed E-state index contributed by atoms with van der Waals surface area (Å²) in [6.07, 6.45) is -0.0160. The van der Waals surface area contributed by atoms with Crippen LogP contribution in [0.4, 0.5) is 0 Å². The highest BCUT2D eigenvalue weighted by molar-refractivity contribution is 7.89. The Bertz CT molecular complexity index is 771. The average Bonchev–Trinajstić information content (AvgIpc) is 2.54. The summed E-state index contributed by atoms with van der Waals surface area (Å²) in [6.45, 7) is 1.65. The number of hydrogen-bond acceptors (Lipinski definition) is 3. The lowest BCUT2D eigenvalue weighted by atomic mass is 10.1. The maximum absolute atomic E-state index is 12.6. The summed E-state index contributed by atoms with van der Waals surface area (Å²) in [7, 11) is -2.20. The van der Waals surface area contributed by atoms with E-state index in [-0.39, 0.29) is 11.3 Å². The summed E-state index contributed by atoms with van der Waals surface area (Å²) < 4.78 is 26.3. The van der Waals surface area contributed by atoms with E-state index < -0.39 is 22.0 Å². The molecule has 2 aromatic rings. The smallest absolute Gasteiger partial charge is 0.243 e. The van der Waals surface area contributed by atoms with E-state index in [1.54, 1.807) is 31.2 Å². The molecule has 122 valence electrons. The van der Waals surface area contributed by atoms with E-state index in [9.17, 15) is 13.2 Å². The molecule has 1 unspecified atom stereocenters. The van der Waals surface area contributed by atoms with Crippen LogP contribution in [0.3, 0.4) is 0 Å². The van der Waals surface area contributed by atoms with Crippen molar-refractivity contribution in [1.82, 2.24) is 4.31 Å². The fourth-order valence-electron chi connectivity index (χ4n) is 2.27. The van der Waals surface area contributed by atoms with Crippen LogP contribution in [0.1, 0.15) is 13.3 Å². The molecule has 0 spiro atoms. The topological polar surface area (TPSA) is 80.5 Å². The monoisotopic (exact) mass is 332 g/mol. The molecule has 0 saturated carbocycles. The van der Waals surface area contributed by atoms with E-state index in [1.807, 2.05) is 30.3 Å². The molecule has 5 nitrogen and oxygen atoms in total. The third-order valence-corrected chi connectivity index (χ3v) is 5.74. The molecule has 0 aliphatic rings. The second-order valence-corrected chi connectivity index (χ2v) is 7.43. The maximum atomic E-state index is 12.6. The second kappa shape index (κ2) is 6.93. The lowest BCUT2D eigenvalue weighted by Gasteiger charge is -2.23. The van der Waals surface area contributed by atoms with Crippen molar-refractivity contribution in [1.29, 1.82) is 0 Å². The molecule has 0 aliphatic carbocycles. The lowest BCUT2D eigenvalue weighted by molar-refractivity contribution is -0.118. The molecule has 0 bridgehead atoms. The van der Waals surface area contributed by atoms with Gasteiger partial charge in [-0.1, -0.05) is 42.5 Å². The number of amides is 1. The molecule has 23 heavy (non-hydrogen) atoms. The van der Waals surface area contributed by atoms with Crippen molar-refractivity contribution >= 4 is 15.9 Å². The molecule has 0 radical (unpaired) electrons. The SMILES string of the molecule is CC(CC(N)=O)N(C)S(=O)(=O)c1ccc(-c2ccccc2)cc1. The van der Waals surface area contributed by atoms with E-state index in [0.717, 1.165) is 11.1 Å². The highest BCUT2D eigenvalue weighted by Crippen LogP contribution is 2.23. The normalized spacial score (nSPS) is 13.0. The highest BCUT2D eigenvalue weighted by Gasteiger charge is 2.26. The summed E-state index contributed by atoms with van der Waals surface area (Å²) in [5.41, 5.74) is 7.10. The van der Waals surface area contributed by atoms with Crippen LogP contribution in [0.2, 0.25) is 0 Å². The van der Waals surface area contributed by atoms with Gasteiger partial charge in [0.25, 0.3) is 0 Å². The quantitative estimate of drug-likeness (QED) is 0.881. The van der Waals surface area contributed by atoms with Gasteiger partial charge in [-0.25, -0.2) is 8.42 Å². The zero-order valence-corrected chi connectivity index (χ0v) is 14.0. The van der Waals surface area contributed by atoms with Gasteiger partial charge in [-0.15, -0.1) is 0 Å². The molecule has 0 aromatic heterocycles. The van der Waals surface area contributed by atoms with Gasteiger partial charge in [0, 0.05) is 19.5 Å². The minimum atomic E-state index is -3.66. The highest BCUT2D eigenvalue weighted by atomic mass is 32.2. The fourth-order valence-corrected chi connectivity index (χ4v) is 3.63. The van der Waals surface area contributed by atoms with E-state index in [0.29, 0.717) is 0 Å². The van der Waals surface area contributed by atoms with Gasteiger partial charge < -0.3 is 5.73 Å². The van der Waals surface area contributed by atoms with E-state index >= 15 is 0 Å². The molecule has 1 amide bonds. The Labute approximate surface area is 136 Å². The van der Waals surface area contributed by atoms with Crippen molar-refractivity contribution in [3.8, 4) is 11.1 Å². The zero-order valence-electron chi connectivity index (χ0n) is 13.1. The van der Waals surface area contributed by atoms with Gasteiger partial charge in [0.15, 0.2) is 0 Å². The van der Waals surface area contributed by atoms with E-state index in [1.165, 1.54) is 11.4 Å². The number of primary amides is 1. The largest absolute Gasteiger partial charge is 0.370 e. The first-order chi connectivity index (χ1) is 10.8. The molecular formula is C17H20N2O3S. The van der Waals surface area contributed by atoms with Crippen molar-refractivity contribution in [2.75, 3.05) is 7.05 Å². The zero-order chi connectivity index (χ0) is 17.0. The summed E-state index contributed by atoms with van der Waals surface area (Å²) in [5.74, 6) is -0.529. The van der Waals surface area contributed by atoms with Crippen molar-refractivity contribution in [3.63, 3.8) is 0 Å². The van der Waals surface area contributed by atoms with Gasteiger partial charge in [-0.3, -0.25) is 4.79 Å². The molecule has 2 rings (SSSR count). The van der Waals surface area contributed by atoms with Gasteiger partial charge in [-0.05, 0) is 30.2 Å². The van der Waals surface area contributed by atoms with Crippen molar-refractivity contribution in [2.24, 2.45) is 5.73 Å². The van der Waals surface area contributed by atoms with Crippen molar-refractivity contribution in [3.05, 3.63) is 54.6 Å². The lowest BCUT2D eigenvalue weighted by Crippen LogP contribution is -2.37. The summed E-state index contributed by atoms with van der Waals surface area (Å²) in [6, 6.07) is 15.9. The van der Waals surface area contributed by atoms with Gasteiger partial charge in [0.05, 0.1) is 4.90 Å². The molecule has 2 N–H and O–H groups in total. The van der Waals surface area contributed by atoms with Gasteiger partial charge in [0.2, 0.25) is 15.9 Å². The Hall–Kier alpha value is -2.18. The first kappa shape index (κ1) is 17.2. The van der Waals surface area contributed by atoms with Crippen LogP contribution in [0.15, 0.2) is 59.5 Å². The Balaban J connectivity index is 2.25. The molecule has 0 fully saturated rings. The first-order valence-electron chi connectivity index (χ1n) is 7.24. The van der Waals surface area contributed by atoms with Gasteiger partial charge >= 0.3 is 0 Å². The van der Waals surface area contributed by atoms with Crippen LogP contribution in [0.5, 0.6) is 0 Å². The molecule has 1 atom stereocenters. The van der Waals surface area contributed by atoms with E-state index in [2.05, 4.69) is 0 Å². The number of carbonyl (C=O) groups excluding carboxylic acids is 1. The average molecular weight is 332 g/mol. The number of benzene rings is 2. The molecular weight excluding hydrogens is 312 g/mol. The van der Waals surface area contributed by atoms with Gasteiger partial charge in [0.1, 0.15) is 0 Å². The predicted molar refractivity (Wildman–Crippen MR) is 90.1 cm³/mol. The number of nitrogens with zero attached hydrogens (tertiary/aromatic N) is 1. The second-order valence-electron chi connectivity index (χ2n) is 5.43. The minimum Gasteiger partial charge on any atom is -0.370 e. The predicted octanol–water partition coefficient (Wildman–Crippen LogP) is 2.24. The Morgan fingerprint density at radius 3 is 2.09 bits per heavy atom. The molecule has 2 aromatic carbocycles. The third kappa shape index (κ3) is 3.97. The number of nitrogens with two attached hydrogens (primary N) is 1.